The van der Waals surface area contributed by atoms with Crippen LogP contribution in [-0.4, -0.2) is 52.9 Å². The van der Waals surface area contributed by atoms with E-state index in [1.165, 1.54) is 0 Å². The molecule has 0 aliphatic rings. The van der Waals surface area contributed by atoms with Crippen LogP contribution < -0.4 is 5.32 Å². The van der Waals surface area contributed by atoms with Gasteiger partial charge < -0.3 is 20.3 Å². The lowest BCUT2D eigenvalue weighted by molar-refractivity contribution is -0.132. The van der Waals surface area contributed by atoms with Crippen LogP contribution in [0.5, 0.6) is 0 Å². The topological polar surface area (TPSA) is 114 Å². The van der Waals surface area contributed by atoms with Crippen LogP contribution in [0.25, 0.3) is 0 Å². The maximum atomic E-state index is 12.1. The minimum Gasteiger partial charge on any atom is -0.426 e. The second-order valence-corrected chi connectivity index (χ2v) is 5.78. The number of hydrogen-bond donors (Lipinski definition) is 3. The maximum Gasteiger partial charge on any atom is 0.475 e. The molecule has 1 unspecified atom stereocenters. The van der Waals surface area contributed by atoms with Crippen molar-refractivity contribution < 1.29 is 19.6 Å². The van der Waals surface area contributed by atoms with Crippen molar-refractivity contribution in [2.75, 3.05) is 13.1 Å². The Hall–Kier alpha value is -2.63. The number of carbonyl (C=O) groups excluding carboxylic acids is 2. The summed E-state index contributed by atoms with van der Waals surface area (Å²) in [5.41, 5.74) is 2.94. The van der Waals surface area contributed by atoms with Gasteiger partial charge in [-0.05, 0) is 37.5 Å². The monoisotopic (exact) mass is 343 g/mol. The number of aryl methyl sites for hydroxylation is 2. The normalized spacial score (nSPS) is 11.2. The van der Waals surface area contributed by atoms with Crippen LogP contribution in [0.1, 0.15) is 16.7 Å². The molecule has 1 aromatic rings. The van der Waals surface area contributed by atoms with Crippen LogP contribution in [0.3, 0.4) is 0 Å². The molecular formula is C17H22BN3O4. The van der Waals surface area contributed by atoms with Crippen LogP contribution in [0.4, 0.5) is 0 Å². The smallest absolute Gasteiger partial charge is 0.426 e. The quantitative estimate of drug-likeness (QED) is 0.346. The molecule has 1 rings (SSSR count). The van der Waals surface area contributed by atoms with Crippen LogP contribution in [0.15, 0.2) is 30.9 Å². The highest BCUT2D eigenvalue weighted by Crippen LogP contribution is 2.13. The summed E-state index contributed by atoms with van der Waals surface area (Å²) in [4.78, 5) is 24.7. The fourth-order valence-electron chi connectivity index (χ4n) is 2.39. The van der Waals surface area contributed by atoms with Crippen LogP contribution in [0, 0.1) is 25.2 Å². The highest BCUT2D eigenvalue weighted by Gasteiger charge is 2.27. The molecule has 132 valence electrons. The van der Waals surface area contributed by atoms with E-state index in [0.29, 0.717) is 0 Å². The average Bonchev–Trinajstić information content (AvgIpc) is 2.55. The van der Waals surface area contributed by atoms with Gasteiger partial charge in [0.1, 0.15) is 13.1 Å². The largest absolute Gasteiger partial charge is 0.475 e. The summed E-state index contributed by atoms with van der Waals surface area (Å²) in [6.45, 7) is 6.55. The number of carbonyl (C=O) groups is 2. The molecule has 7 nitrogen and oxygen atoms in total. The second kappa shape index (κ2) is 9.62. The van der Waals surface area contributed by atoms with Crippen LogP contribution >= 0.6 is 0 Å². The predicted octanol–water partition coefficient (Wildman–Crippen LogP) is -0.119. The molecule has 0 heterocycles. The highest BCUT2D eigenvalue weighted by molar-refractivity contribution is 6.43. The van der Waals surface area contributed by atoms with Gasteiger partial charge in [0.05, 0.1) is 12.0 Å². The fraction of sp³-hybridized carbons (Fsp3) is 0.353. The van der Waals surface area contributed by atoms with Gasteiger partial charge in [-0.2, -0.15) is 5.26 Å². The summed E-state index contributed by atoms with van der Waals surface area (Å²) in [6.07, 6.45) is 1.24. The highest BCUT2D eigenvalue weighted by atomic mass is 16.4. The standard InChI is InChI=1S/C17H22BN3O4/c1-4-17(23)21(8-7-19)11-16(22)20-15(18(24)25)10-14-6-5-12(2)9-13(14)3/h4-6,9,15,24-25H,1,8,10-11H2,2-3H3,(H,20,22). The molecule has 25 heavy (non-hydrogen) atoms. The number of nitriles is 1. The molecule has 1 atom stereocenters. The third-order valence-electron chi connectivity index (χ3n) is 3.73. The van der Waals surface area contributed by atoms with Gasteiger partial charge in [0.25, 0.3) is 0 Å². The number of benzene rings is 1. The molecule has 1 aromatic carbocycles. The zero-order valence-corrected chi connectivity index (χ0v) is 14.4. The van der Waals surface area contributed by atoms with E-state index < -0.39 is 24.9 Å². The first-order valence-corrected chi connectivity index (χ1v) is 7.78. The third kappa shape index (κ3) is 6.41. The van der Waals surface area contributed by atoms with Crippen molar-refractivity contribution in [2.45, 2.75) is 26.2 Å². The Balaban J connectivity index is 2.80. The minimum absolute atomic E-state index is 0.225. The maximum absolute atomic E-state index is 12.1. The Kier molecular flexibility index (Phi) is 7.86. The Morgan fingerprint density at radius 1 is 1.44 bits per heavy atom. The first-order valence-electron chi connectivity index (χ1n) is 7.78. The zero-order valence-electron chi connectivity index (χ0n) is 14.4. The summed E-state index contributed by atoms with van der Waals surface area (Å²) < 4.78 is 0. The predicted molar refractivity (Wildman–Crippen MR) is 94.1 cm³/mol. The van der Waals surface area contributed by atoms with E-state index in [1.807, 2.05) is 32.0 Å². The first-order chi connectivity index (χ1) is 11.8. The Morgan fingerprint density at radius 3 is 2.64 bits per heavy atom. The molecule has 0 aromatic heterocycles. The summed E-state index contributed by atoms with van der Waals surface area (Å²) in [5.74, 6) is -2.07. The molecule has 0 saturated carbocycles. The van der Waals surface area contributed by atoms with E-state index in [2.05, 4.69) is 11.9 Å². The lowest BCUT2D eigenvalue weighted by Gasteiger charge is -2.22. The van der Waals surface area contributed by atoms with Gasteiger partial charge in [-0.3, -0.25) is 9.59 Å². The molecule has 0 radical (unpaired) electrons. The van der Waals surface area contributed by atoms with E-state index in [-0.39, 0.29) is 19.5 Å². The molecular weight excluding hydrogens is 321 g/mol. The molecule has 0 saturated heterocycles. The van der Waals surface area contributed by atoms with Gasteiger partial charge in [-0.1, -0.05) is 30.3 Å². The number of hydrogen-bond acceptors (Lipinski definition) is 5. The van der Waals surface area contributed by atoms with E-state index in [0.717, 1.165) is 27.7 Å². The van der Waals surface area contributed by atoms with Crippen molar-refractivity contribution in [1.29, 1.82) is 5.26 Å². The zero-order chi connectivity index (χ0) is 19.0. The van der Waals surface area contributed by atoms with E-state index in [9.17, 15) is 19.6 Å². The Morgan fingerprint density at radius 2 is 2.12 bits per heavy atom. The molecule has 0 spiro atoms. The summed E-state index contributed by atoms with van der Waals surface area (Å²) >= 11 is 0. The minimum atomic E-state index is -1.76. The number of rotatable bonds is 8. The van der Waals surface area contributed by atoms with Crippen molar-refractivity contribution in [2.24, 2.45) is 0 Å². The van der Waals surface area contributed by atoms with Crippen LogP contribution in [-0.2, 0) is 16.0 Å². The van der Waals surface area contributed by atoms with Gasteiger partial charge in [0.15, 0.2) is 0 Å². The van der Waals surface area contributed by atoms with Crippen LogP contribution in [0.2, 0.25) is 0 Å². The molecule has 3 N–H and O–H groups in total. The number of nitrogens with one attached hydrogen (secondary N) is 1. The van der Waals surface area contributed by atoms with Crippen molar-refractivity contribution >= 4 is 18.9 Å². The first kappa shape index (κ1) is 20.4. The summed E-state index contributed by atoms with van der Waals surface area (Å²) in [5, 5.41) is 30.3. The molecule has 0 aliphatic carbocycles. The molecule has 0 aliphatic heterocycles. The summed E-state index contributed by atoms with van der Waals surface area (Å²) in [7, 11) is -1.76. The summed E-state index contributed by atoms with van der Waals surface area (Å²) in [6, 6.07) is 7.54. The lowest BCUT2D eigenvalue weighted by Crippen LogP contribution is -2.51. The SMILES string of the molecule is C=CC(=O)N(CC#N)CC(=O)NC(Cc1ccc(C)cc1C)B(O)O. The molecule has 2 amide bonds. The molecule has 0 bridgehead atoms. The molecule has 0 fully saturated rings. The van der Waals surface area contributed by atoms with Crippen molar-refractivity contribution in [1.82, 2.24) is 10.2 Å². The van der Waals surface area contributed by atoms with Crippen molar-refractivity contribution in [3.05, 3.63) is 47.5 Å². The third-order valence-corrected chi connectivity index (χ3v) is 3.73. The number of nitrogens with zero attached hydrogens (tertiary/aromatic N) is 2. The van der Waals surface area contributed by atoms with Gasteiger partial charge in [0.2, 0.25) is 11.8 Å². The van der Waals surface area contributed by atoms with Crippen molar-refractivity contribution in [3.63, 3.8) is 0 Å². The van der Waals surface area contributed by atoms with Gasteiger partial charge in [0, 0.05) is 0 Å². The van der Waals surface area contributed by atoms with Gasteiger partial charge >= 0.3 is 7.12 Å². The molecule has 8 heteroatoms. The van der Waals surface area contributed by atoms with Gasteiger partial charge in [-0.25, -0.2) is 0 Å². The second-order valence-electron chi connectivity index (χ2n) is 5.78. The van der Waals surface area contributed by atoms with Crippen molar-refractivity contribution in [3.8, 4) is 6.07 Å². The average molecular weight is 343 g/mol. The van der Waals surface area contributed by atoms with Gasteiger partial charge in [-0.15, -0.1) is 0 Å². The van der Waals surface area contributed by atoms with E-state index >= 15 is 0 Å². The lowest BCUT2D eigenvalue weighted by atomic mass is 9.75. The van der Waals surface area contributed by atoms with E-state index in [4.69, 9.17) is 5.26 Å². The number of amides is 2. The Bertz CT molecular complexity index is 685. The Labute approximate surface area is 147 Å². The fourth-order valence-corrected chi connectivity index (χ4v) is 2.39. The van der Waals surface area contributed by atoms with E-state index in [1.54, 1.807) is 6.07 Å².